The molecule has 1 amide bonds. The molecule has 6 heteroatoms. The van der Waals surface area contributed by atoms with Crippen molar-refractivity contribution < 1.29 is 9.18 Å². The topological polar surface area (TPSA) is 52.9 Å². The number of allylic oxidation sites excluding steroid dienone is 1. The molecule has 0 aliphatic carbocycles. The third kappa shape index (κ3) is 7.85. The molecule has 3 rings (SSSR count). The summed E-state index contributed by atoms with van der Waals surface area (Å²) in [5, 5.41) is 11.5. The Morgan fingerprint density at radius 3 is 2.60 bits per heavy atom. The van der Waals surface area contributed by atoms with Crippen molar-refractivity contribution in [3.05, 3.63) is 106 Å². The summed E-state index contributed by atoms with van der Waals surface area (Å²) in [4.78, 5) is 14.3. The van der Waals surface area contributed by atoms with Gasteiger partial charge in [0.2, 0.25) is 0 Å². The second-order valence-corrected chi connectivity index (χ2v) is 8.84. The van der Waals surface area contributed by atoms with Crippen LogP contribution in [0.15, 0.2) is 83.6 Å². The molecule has 0 unspecified atom stereocenters. The van der Waals surface area contributed by atoms with Gasteiger partial charge in [-0.3, -0.25) is 4.79 Å². The molecule has 0 aliphatic heterocycles. The van der Waals surface area contributed by atoms with Gasteiger partial charge in [-0.25, -0.2) is 4.39 Å². The Hall–Kier alpha value is -3.33. The molecule has 0 spiro atoms. The Kier molecular flexibility index (Phi) is 11.3. The molecule has 3 aromatic rings. The zero-order valence-corrected chi connectivity index (χ0v) is 21.5. The van der Waals surface area contributed by atoms with Crippen LogP contribution in [0.1, 0.15) is 41.8 Å². The summed E-state index contributed by atoms with van der Waals surface area (Å²) < 4.78 is 13.5. The van der Waals surface area contributed by atoms with Crippen molar-refractivity contribution in [3.8, 4) is 17.2 Å². The Morgan fingerprint density at radius 2 is 1.91 bits per heavy atom. The number of nitrogens with one attached hydrogen (secondary N) is 1. The largest absolute Gasteiger partial charge is 0.351 e. The molecular weight excluding hydrogens is 479 g/mol. The maximum atomic E-state index is 13.5. The van der Waals surface area contributed by atoms with Crippen LogP contribution in [-0.4, -0.2) is 12.5 Å². The van der Waals surface area contributed by atoms with Crippen molar-refractivity contribution in [2.75, 3.05) is 6.54 Å². The van der Waals surface area contributed by atoms with E-state index in [-0.39, 0.29) is 17.4 Å². The number of nitriles is 1. The second-order valence-electron chi connectivity index (χ2n) is 7.24. The number of carbonyl (C=O) groups excluding carboxylic acids is 1. The molecule has 1 N–H and O–H groups in total. The van der Waals surface area contributed by atoms with Crippen molar-refractivity contribution in [1.82, 2.24) is 5.32 Å². The maximum Gasteiger partial charge on any atom is 0.251 e. The molecule has 180 valence electrons. The average Bonchev–Trinajstić information content (AvgIpc) is 2.87. The lowest BCUT2D eigenvalue weighted by molar-refractivity contribution is 0.0954. The summed E-state index contributed by atoms with van der Waals surface area (Å²) in [6.45, 7) is 12.4. The highest BCUT2D eigenvalue weighted by Crippen LogP contribution is 2.39. The van der Waals surface area contributed by atoms with Gasteiger partial charge in [0, 0.05) is 23.4 Å². The van der Waals surface area contributed by atoms with Crippen molar-refractivity contribution in [2.24, 2.45) is 0 Å². The van der Waals surface area contributed by atoms with Gasteiger partial charge in [-0.15, -0.1) is 0 Å². The smallest absolute Gasteiger partial charge is 0.251 e. The number of halogens is 2. The molecule has 0 radical (unpaired) electrons. The molecule has 0 atom stereocenters. The van der Waals surface area contributed by atoms with Crippen LogP contribution in [0.4, 0.5) is 4.39 Å². The molecule has 3 aromatic carbocycles. The van der Waals surface area contributed by atoms with Gasteiger partial charge < -0.3 is 5.32 Å². The summed E-state index contributed by atoms with van der Waals surface area (Å²) in [6.07, 6.45) is 2.57. The van der Waals surface area contributed by atoms with Crippen LogP contribution in [-0.2, 0) is 6.42 Å². The van der Waals surface area contributed by atoms with E-state index in [9.17, 15) is 9.18 Å². The van der Waals surface area contributed by atoms with E-state index in [0.29, 0.717) is 18.5 Å². The van der Waals surface area contributed by atoms with Crippen LogP contribution >= 0.6 is 23.4 Å². The highest BCUT2D eigenvalue weighted by molar-refractivity contribution is 8.03. The van der Waals surface area contributed by atoms with Crippen LogP contribution in [0.25, 0.3) is 17.2 Å². The van der Waals surface area contributed by atoms with Gasteiger partial charge in [0.1, 0.15) is 5.82 Å². The van der Waals surface area contributed by atoms with Gasteiger partial charge in [0.05, 0.1) is 17.5 Å². The van der Waals surface area contributed by atoms with Crippen molar-refractivity contribution in [3.63, 3.8) is 0 Å². The third-order valence-corrected chi connectivity index (χ3v) is 6.24. The van der Waals surface area contributed by atoms with Gasteiger partial charge >= 0.3 is 0 Å². The molecule has 3 nitrogen and oxygen atoms in total. The van der Waals surface area contributed by atoms with Crippen LogP contribution in [0, 0.1) is 17.1 Å². The van der Waals surface area contributed by atoms with Crippen LogP contribution in [0.5, 0.6) is 0 Å². The minimum atomic E-state index is -0.450. The maximum absolute atomic E-state index is 13.5. The molecular formula is C29H28ClFN2OS. The number of hydrogen-bond donors (Lipinski definition) is 1. The lowest BCUT2D eigenvalue weighted by atomic mass is 10.0. The van der Waals surface area contributed by atoms with E-state index in [2.05, 4.69) is 18.5 Å². The van der Waals surface area contributed by atoms with Crippen molar-refractivity contribution >= 4 is 35.3 Å². The molecule has 0 fully saturated rings. The first kappa shape index (κ1) is 27.9. The summed E-state index contributed by atoms with van der Waals surface area (Å²) in [7, 11) is 0. The Labute approximate surface area is 216 Å². The van der Waals surface area contributed by atoms with E-state index in [1.807, 2.05) is 56.3 Å². The number of rotatable bonds is 9. The first-order chi connectivity index (χ1) is 16.9. The molecule has 35 heavy (non-hydrogen) atoms. The monoisotopic (exact) mass is 506 g/mol. The normalized spacial score (nSPS) is 9.91. The van der Waals surface area contributed by atoms with Gasteiger partial charge in [-0.1, -0.05) is 92.8 Å². The second kappa shape index (κ2) is 14.2. The van der Waals surface area contributed by atoms with E-state index in [1.54, 1.807) is 24.3 Å². The van der Waals surface area contributed by atoms with E-state index < -0.39 is 5.82 Å². The van der Waals surface area contributed by atoms with Crippen molar-refractivity contribution in [1.29, 1.82) is 5.26 Å². The molecule has 0 aliphatic rings. The summed E-state index contributed by atoms with van der Waals surface area (Å²) in [5.74, 6) is -0.673. The molecule has 0 heterocycles. The Balaban J connectivity index is 0.00000210. The summed E-state index contributed by atoms with van der Waals surface area (Å²) in [6, 6.07) is 19.9. The highest BCUT2D eigenvalue weighted by atomic mass is 35.5. The zero-order chi connectivity index (χ0) is 25.8. The minimum Gasteiger partial charge on any atom is -0.351 e. The fourth-order valence-corrected chi connectivity index (χ4v) is 4.57. The predicted octanol–water partition coefficient (Wildman–Crippen LogP) is 8.31. The predicted molar refractivity (Wildman–Crippen MR) is 146 cm³/mol. The van der Waals surface area contributed by atoms with E-state index in [0.717, 1.165) is 32.1 Å². The van der Waals surface area contributed by atoms with Crippen LogP contribution < -0.4 is 5.32 Å². The average molecular weight is 507 g/mol. The minimum absolute atomic E-state index is 0.0855. The van der Waals surface area contributed by atoms with E-state index >= 15 is 0 Å². The summed E-state index contributed by atoms with van der Waals surface area (Å²) in [5.41, 5.74) is 4.16. The van der Waals surface area contributed by atoms with E-state index in [1.165, 1.54) is 17.8 Å². The SMILES string of the molecule is C=Cc1cccc(-c2cccc(C(=O)NCCC#N)c2)c1SC(=C)Cc1ccc(F)c(Cl)c1.CC. The van der Waals surface area contributed by atoms with Gasteiger partial charge in [-0.05, 0) is 51.4 Å². The zero-order valence-electron chi connectivity index (χ0n) is 19.9. The number of thioether (sulfide) groups is 1. The third-order valence-electron chi connectivity index (χ3n) is 4.86. The summed E-state index contributed by atoms with van der Waals surface area (Å²) >= 11 is 7.43. The number of nitrogens with zero attached hydrogens (tertiary/aromatic N) is 1. The lowest BCUT2D eigenvalue weighted by Gasteiger charge is -2.15. The van der Waals surface area contributed by atoms with Crippen LogP contribution in [0.3, 0.4) is 0 Å². The molecule has 0 aromatic heterocycles. The number of benzene rings is 3. The number of amides is 1. The molecule has 0 bridgehead atoms. The Morgan fingerprint density at radius 1 is 1.17 bits per heavy atom. The van der Waals surface area contributed by atoms with Gasteiger partial charge in [0.15, 0.2) is 0 Å². The quantitative estimate of drug-likeness (QED) is 0.234. The Bertz CT molecular complexity index is 1250. The number of hydrogen-bond acceptors (Lipinski definition) is 3. The molecule has 0 saturated carbocycles. The van der Waals surface area contributed by atoms with Gasteiger partial charge in [-0.2, -0.15) is 5.26 Å². The lowest BCUT2D eigenvalue weighted by Crippen LogP contribution is -2.24. The fraction of sp³-hybridized carbons (Fsp3) is 0.172. The first-order valence-electron chi connectivity index (χ1n) is 11.2. The highest BCUT2D eigenvalue weighted by Gasteiger charge is 2.14. The van der Waals surface area contributed by atoms with Crippen molar-refractivity contribution in [2.45, 2.75) is 31.6 Å². The van der Waals surface area contributed by atoms with Crippen LogP contribution in [0.2, 0.25) is 5.02 Å². The van der Waals surface area contributed by atoms with E-state index in [4.69, 9.17) is 16.9 Å². The standard InChI is InChI=1S/C27H22ClFN2OS.C2H6/c1-3-20-7-5-10-23(21-8-4-9-22(17-21)27(32)31-14-6-13-30)26(20)33-18(2)15-19-11-12-25(29)24(28)16-19;1-2/h3-5,7-12,16-17H,1-2,6,14-15H2,(H,31,32);1-2H3. The first-order valence-corrected chi connectivity index (χ1v) is 12.4. The fourth-order valence-electron chi connectivity index (χ4n) is 3.28. The molecule has 0 saturated heterocycles. The number of carbonyl (C=O) groups is 1. The van der Waals surface area contributed by atoms with Gasteiger partial charge in [0.25, 0.3) is 5.91 Å².